The highest BCUT2D eigenvalue weighted by molar-refractivity contribution is 7.13. The van der Waals surface area contributed by atoms with E-state index in [0.29, 0.717) is 28.6 Å². The van der Waals surface area contributed by atoms with E-state index in [1.165, 1.54) is 16.0 Å². The number of fused-ring (bicyclic) bond motifs is 3. The number of rotatable bonds is 4. The Bertz CT molecular complexity index is 985. The summed E-state index contributed by atoms with van der Waals surface area (Å²) in [5.41, 5.74) is 1.78. The van der Waals surface area contributed by atoms with Crippen molar-refractivity contribution >= 4 is 28.1 Å². The van der Waals surface area contributed by atoms with Crippen molar-refractivity contribution in [3.05, 3.63) is 63.3 Å². The van der Waals surface area contributed by atoms with Crippen LogP contribution in [-0.4, -0.2) is 26.3 Å². The number of carbonyl (C=O) groups is 1. The molecule has 1 amide bonds. The third kappa shape index (κ3) is 2.85. The van der Waals surface area contributed by atoms with E-state index in [9.17, 15) is 9.59 Å². The van der Waals surface area contributed by atoms with Crippen molar-refractivity contribution in [2.24, 2.45) is 5.10 Å². The minimum absolute atomic E-state index is 0.0707. The van der Waals surface area contributed by atoms with Crippen LogP contribution in [0.1, 0.15) is 29.4 Å². The first-order valence-electron chi connectivity index (χ1n) is 7.89. The summed E-state index contributed by atoms with van der Waals surface area (Å²) in [4.78, 5) is 33.4. The van der Waals surface area contributed by atoms with Crippen LogP contribution in [0.15, 0.2) is 45.8 Å². The van der Waals surface area contributed by atoms with E-state index in [4.69, 9.17) is 0 Å². The SMILES string of the molecule is Cc1nc2n(c(=O)c1CCC(=O)Nc1nccs1)N=C1C=CC=CC12. The second kappa shape index (κ2) is 6.21. The second-order valence-electron chi connectivity index (χ2n) is 5.78. The van der Waals surface area contributed by atoms with Crippen molar-refractivity contribution in [2.45, 2.75) is 25.7 Å². The summed E-state index contributed by atoms with van der Waals surface area (Å²) in [7, 11) is 0. The summed E-state index contributed by atoms with van der Waals surface area (Å²) < 4.78 is 1.36. The van der Waals surface area contributed by atoms with Crippen LogP contribution in [0.4, 0.5) is 5.13 Å². The van der Waals surface area contributed by atoms with Crippen LogP contribution in [0, 0.1) is 6.92 Å². The monoisotopic (exact) mass is 353 g/mol. The van der Waals surface area contributed by atoms with Gasteiger partial charge in [-0.05, 0) is 19.4 Å². The molecule has 2 aromatic heterocycles. The summed E-state index contributed by atoms with van der Waals surface area (Å²) >= 11 is 1.35. The van der Waals surface area contributed by atoms with Gasteiger partial charge in [-0.3, -0.25) is 9.59 Å². The molecule has 0 aromatic carbocycles. The fourth-order valence-corrected chi connectivity index (χ4v) is 3.47. The highest BCUT2D eigenvalue weighted by Crippen LogP contribution is 2.26. The van der Waals surface area contributed by atoms with Gasteiger partial charge < -0.3 is 5.32 Å². The van der Waals surface area contributed by atoms with E-state index in [1.807, 2.05) is 24.3 Å². The lowest BCUT2D eigenvalue weighted by molar-refractivity contribution is -0.116. The maximum absolute atomic E-state index is 12.8. The zero-order valence-electron chi connectivity index (χ0n) is 13.5. The molecule has 1 aliphatic heterocycles. The van der Waals surface area contributed by atoms with Gasteiger partial charge in [-0.1, -0.05) is 18.2 Å². The second-order valence-corrected chi connectivity index (χ2v) is 6.68. The topological polar surface area (TPSA) is 89.2 Å². The Balaban J connectivity index is 1.56. The van der Waals surface area contributed by atoms with Crippen LogP contribution >= 0.6 is 11.3 Å². The van der Waals surface area contributed by atoms with E-state index in [2.05, 4.69) is 20.4 Å². The van der Waals surface area contributed by atoms with Gasteiger partial charge in [-0.25, -0.2) is 9.97 Å². The number of thiazole rings is 1. The maximum Gasteiger partial charge on any atom is 0.277 e. The van der Waals surface area contributed by atoms with Crippen LogP contribution in [0.3, 0.4) is 0 Å². The molecule has 1 unspecified atom stereocenters. The van der Waals surface area contributed by atoms with Gasteiger partial charge in [0.15, 0.2) is 5.13 Å². The van der Waals surface area contributed by atoms with Gasteiger partial charge in [-0.15, -0.1) is 11.3 Å². The van der Waals surface area contributed by atoms with Crippen molar-refractivity contribution < 1.29 is 4.79 Å². The average Bonchev–Trinajstić information content (AvgIpc) is 3.22. The van der Waals surface area contributed by atoms with Crippen molar-refractivity contribution in [1.29, 1.82) is 0 Å². The van der Waals surface area contributed by atoms with Gasteiger partial charge in [0.25, 0.3) is 5.56 Å². The van der Waals surface area contributed by atoms with Gasteiger partial charge in [0.2, 0.25) is 5.91 Å². The molecular weight excluding hydrogens is 338 g/mol. The number of carbonyl (C=O) groups excluding carboxylic acids is 1. The molecule has 0 radical (unpaired) electrons. The molecule has 7 nitrogen and oxygen atoms in total. The molecule has 0 fully saturated rings. The Morgan fingerprint density at radius 1 is 1.40 bits per heavy atom. The van der Waals surface area contributed by atoms with Crippen molar-refractivity contribution in [1.82, 2.24) is 14.6 Å². The maximum atomic E-state index is 12.8. The fourth-order valence-electron chi connectivity index (χ4n) is 2.93. The van der Waals surface area contributed by atoms with E-state index in [-0.39, 0.29) is 23.8 Å². The van der Waals surface area contributed by atoms with Crippen molar-refractivity contribution in [3.63, 3.8) is 0 Å². The molecule has 1 atom stereocenters. The lowest BCUT2D eigenvalue weighted by Crippen LogP contribution is -2.26. The highest BCUT2D eigenvalue weighted by Gasteiger charge is 2.29. The van der Waals surface area contributed by atoms with E-state index >= 15 is 0 Å². The van der Waals surface area contributed by atoms with Crippen LogP contribution in [-0.2, 0) is 11.2 Å². The fraction of sp³-hybridized carbons (Fsp3) is 0.235. The van der Waals surface area contributed by atoms with Crippen molar-refractivity contribution in [2.75, 3.05) is 5.32 Å². The first-order chi connectivity index (χ1) is 12.1. The normalized spacial score (nSPS) is 17.2. The number of nitrogens with zero attached hydrogens (tertiary/aromatic N) is 4. The number of aromatic nitrogens is 3. The molecule has 8 heteroatoms. The van der Waals surface area contributed by atoms with E-state index in [1.54, 1.807) is 18.5 Å². The lowest BCUT2D eigenvalue weighted by Gasteiger charge is -2.11. The molecule has 4 rings (SSSR count). The number of hydrogen-bond acceptors (Lipinski definition) is 6. The van der Waals surface area contributed by atoms with Gasteiger partial charge in [0.05, 0.1) is 11.6 Å². The van der Waals surface area contributed by atoms with Crippen LogP contribution < -0.4 is 10.9 Å². The van der Waals surface area contributed by atoms with Gasteiger partial charge in [0.1, 0.15) is 5.82 Å². The smallest absolute Gasteiger partial charge is 0.277 e. The molecule has 126 valence electrons. The number of allylic oxidation sites excluding steroid dienone is 4. The number of amides is 1. The molecule has 3 heterocycles. The number of hydrogen-bond donors (Lipinski definition) is 1. The van der Waals surface area contributed by atoms with Crippen LogP contribution in [0.5, 0.6) is 0 Å². The number of anilines is 1. The zero-order valence-corrected chi connectivity index (χ0v) is 14.3. The van der Waals surface area contributed by atoms with Crippen LogP contribution in [0.2, 0.25) is 0 Å². The Morgan fingerprint density at radius 2 is 2.28 bits per heavy atom. The standard InChI is InChI=1S/C17H15N5O2S/c1-10-11(6-7-14(23)20-17-18-8-9-25-17)16(24)22-15(19-10)12-4-2-3-5-13(12)21-22/h2-5,8-9,12H,6-7H2,1H3,(H,18,20,23). The molecule has 2 aliphatic rings. The molecule has 0 spiro atoms. The largest absolute Gasteiger partial charge is 0.302 e. The molecule has 0 bridgehead atoms. The minimum Gasteiger partial charge on any atom is -0.302 e. The summed E-state index contributed by atoms with van der Waals surface area (Å²) in [6.07, 6.45) is 9.82. The van der Waals surface area contributed by atoms with E-state index in [0.717, 1.165) is 5.71 Å². The van der Waals surface area contributed by atoms with Gasteiger partial charge in [-0.2, -0.15) is 9.78 Å². The van der Waals surface area contributed by atoms with Crippen molar-refractivity contribution in [3.8, 4) is 0 Å². The first kappa shape index (κ1) is 15.6. The number of aryl methyl sites for hydroxylation is 1. The quantitative estimate of drug-likeness (QED) is 0.910. The molecule has 0 saturated heterocycles. The summed E-state index contributed by atoms with van der Waals surface area (Å²) in [5.74, 6) is 0.387. The minimum atomic E-state index is -0.201. The summed E-state index contributed by atoms with van der Waals surface area (Å²) in [5, 5.41) is 9.44. The zero-order chi connectivity index (χ0) is 17.4. The number of nitrogens with one attached hydrogen (secondary N) is 1. The summed E-state index contributed by atoms with van der Waals surface area (Å²) in [6.45, 7) is 1.80. The predicted molar refractivity (Wildman–Crippen MR) is 96.2 cm³/mol. The Hall–Kier alpha value is -2.87. The average molecular weight is 353 g/mol. The Labute approximate surface area is 147 Å². The summed E-state index contributed by atoms with van der Waals surface area (Å²) in [6, 6.07) is 0. The Morgan fingerprint density at radius 3 is 3.08 bits per heavy atom. The van der Waals surface area contributed by atoms with E-state index < -0.39 is 0 Å². The third-order valence-electron chi connectivity index (χ3n) is 4.16. The molecule has 25 heavy (non-hydrogen) atoms. The van der Waals surface area contributed by atoms with Crippen LogP contribution in [0.25, 0.3) is 0 Å². The molecule has 1 aliphatic carbocycles. The molecular formula is C17H15N5O2S. The van der Waals surface area contributed by atoms with Gasteiger partial charge in [0, 0.05) is 29.3 Å². The lowest BCUT2D eigenvalue weighted by atomic mass is 9.98. The predicted octanol–water partition coefficient (Wildman–Crippen LogP) is 2.01. The molecule has 1 N–H and O–H groups in total. The highest BCUT2D eigenvalue weighted by atomic mass is 32.1. The molecule has 0 saturated carbocycles. The first-order valence-corrected chi connectivity index (χ1v) is 8.77. The molecule has 2 aromatic rings. The Kier molecular flexibility index (Phi) is 3.89. The van der Waals surface area contributed by atoms with Gasteiger partial charge >= 0.3 is 0 Å². The third-order valence-corrected chi connectivity index (χ3v) is 4.85.